The normalized spacial score (nSPS) is 10.8. The minimum Gasteiger partial charge on any atom is -0.489 e. The Morgan fingerprint density at radius 3 is 2.59 bits per heavy atom. The van der Waals surface area contributed by atoms with E-state index in [1.807, 2.05) is 69.3 Å². The first-order chi connectivity index (χ1) is 13.0. The summed E-state index contributed by atoms with van der Waals surface area (Å²) in [4.78, 5) is 12.3. The second-order valence-corrected chi connectivity index (χ2v) is 6.58. The number of rotatable bonds is 7. The molecule has 6 nitrogen and oxygen atoms in total. The Morgan fingerprint density at radius 2 is 1.85 bits per heavy atom. The fourth-order valence-corrected chi connectivity index (χ4v) is 2.53. The molecule has 0 atom stereocenters. The van der Waals surface area contributed by atoms with Crippen LogP contribution in [0.4, 0.5) is 5.69 Å². The van der Waals surface area contributed by atoms with Crippen LogP contribution in [0.5, 0.6) is 5.75 Å². The third-order valence-electron chi connectivity index (χ3n) is 3.86. The van der Waals surface area contributed by atoms with Gasteiger partial charge in [-0.05, 0) is 45.0 Å². The largest absolute Gasteiger partial charge is 0.489 e. The molecule has 1 amide bonds. The van der Waals surface area contributed by atoms with Gasteiger partial charge in [0.05, 0.1) is 11.8 Å². The number of para-hydroxylation sites is 2. The molecule has 3 aromatic rings. The summed E-state index contributed by atoms with van der Waals surface area (Å²) in [5.41, 5.74) is 2.68. The van der Waals surface area contributed by atoms with Gasteiger partial charge in [0.1, 0.15) is 5.75 Å². The molecule has 0 saturated carbocycles. The van der Waals surface area contributed by atoms with Crippen LogP contribution in [0.25, 0.3) is 11.5 Å². The molecule has 0 aliphatic heterocycles. The Kier molecular flexibility index (Phi) is 5.86. The van der Waals surface area contributed by atoms with Crippen molar-refractivity contribution >= 4 is 11.6 Å². The molecule has 3 rings (SSSR count). The van der Waals surface area contributed by atoms with Crippen molar-refractivity contribution in [2.45, 2.75) is 39.7 Å². The predicted octanol–water partition coefficient (Wildman–Crippen LogP) is 4.40. The molecule has 0 fully saturated rings. The van der Waals surface area contributed by atoms with E-state index < -0.39 is 0 Å². The van der Waals surface area contributed by atoms with Crippen LogP contribution in [-0.4, -0.2) is 22.2 Å². The minimum absolute atomic E-state index is 0.0293. The number of nitrogens with one attached hydrogen (secondary N) is 1. The van der Waals surface area contributed by atoms with Crippen molar-refractivity contribution in [1.29, 1.82) is 0 Å². The molecular weight excluding hydrogens is 342 g/mol. The zero-order valence-corrected chi connectivity index (χ0v) is 15.7. The predicted molar refractivity (Wildman–Crippen MR) is 104 cm³/mol. The lowest BCUT2D eigenvalue weighted by Gasteiger charge is -2.14. The number of amides is 1. The minimum atomic E-state index is -0.134. The number of anilines is 1. The molecule has 1 heterocycles. The third kappa shape index (κ3) is 5.17. The molecule has 0 aliphatic rings. The number of carbonyl (C=O) groups excluding carboxylic acids is 1. The lowest BCUT2D eigenvalue weighted by molar-refractivity contribution is -0.116. The van der Waals surface area contributed by atoms with E-state index in [9.17, 15) is 4.79 Å². The van der Waals surface area contributed by atoms with Crippen molar-refractivity contribution in [2.24, 2.45) is 0 Å². The number of ether oxygens (including phenoxy) is 1. The standard InChI is InChI=1S/C21H23N3O3/c1-14(2)26-18-7-5-4-6-17(18)22-19(25)12-13-20-23-24-21(27-20)16-10-8-15(3)9-11-16/h4-11,14H,12-13H2,1-3H3,(H,22,25). The highest BCUT2D eigenvalue weighted by atomic mass is 16.5. The molecule has 2 aromatic carbocycles. The summed E-state index contributed by atoms with van der Waals surface area (Å²) in [7, 11) is 0. The molecule has 0 bridgehead atoms. The lowest BCUT2D eigenvalue weighted by atomic mass is 10.1. The highest BCUT2D eigenvalue weighted by molar-refractivity contribution is 5.92. The van der Waals surface area contributed by atoms with Crippen molar-refractivity contribution in [1.82, 2.24) is 10.2 Å². The van der Waals surface area contributed by atoms with Crippen molar-refractivity contribution in [3.8, 4) is 17.2 Å². The average Bonchev–Trinajstić information content (AvgIpc) is 3.11. The summed E-state index contributed by atoms with van der Waals surface area (Å²) in [5.74, 6) is 1.42. The van der Waals surface area contributed by atoms with Gasteiger partial charge in [-0.15, -0.1) is 10.2 Å². The summed E-state index contributed by atoms with van der Waals surface area (Å²) in [5, 5.41) is 11.0. The van der Waals surface area contributed by atoms with Gasteiger partial charge in [0, 0.05) is 18.4 Å². The third-order valence-corrected chi connectivity index (χ3v) is 3.86. The molecule has 0 saturated heterocycles. The van der Waals surface area contributed by atoms with E-state index in [1.54, 1.807) is 0 Å². The molecule has 1 N–H and O–H groups in total. The van der Waals surface area contributed by atoms with Crippen LogP contribution in [0.15, 0.2) is 52.9 Å². The van der Waals surface area contributed by atoms with E-state index in [4.69, 9.17) is 9.15 Å². The van der Waals surface area contributed by atoms with Crippen LogP contribution >= 0.6 is 0 Å². The average molecular weight is 365 g/mol. The van der Waals surface area contributed by atoms with Crippen LogP contribution < -0.4 is 10.1 Å². The number of aryl methyl sites for hydroxylation is 2. The van der Waals surface area contributed by atoms with E-state index in [0.29, 0.717) is 29.6 Å². The number of hydrogen-bond donors (Lipinski definition) is 1. The summed E-state index contributed by atoms with van der Waals surface area (Å²) >= 11 is 0. The zero-order chi connectivity index (χ0) is 19.2. The van der Waals surface area contributed by atoms with Gasteiger partial charge < -0.3 is 14.5 Å². The van der Waals surface area contributed by atoms with Crippen LogP contribution in [0.2, 0.25) is 0 Å². The number of hydrogen-bond acceptors (Lipinski definition) is 5. The monoisotopic (exact) mass is 365 g/mol. The van der Waals surface area contributed by atoms with E-state index >= 15 is 0 Å². The second kappa shape index (κ2) is 8.49. The Morgan fingerprint density at radius 1 is 1.11 bits per heavy atom. The van der Waals surface area contributed by atoms with Gasteiger partial charge in [0.25, 0.3) is 0 Å². The topological polar surface area (TPSA) is 77.2 Å². The Hall–Kier alpha value is -3.15. The van der Waals surface area contributed by atoms with Crippen LogP contribution in [0.3, 0.4) is 0 Å². The van der Waals surface area contributed by atoms with Crippen molar-refractivity contribution in [3.63, 3.8) is 0 Å². The fourth-order valence-electron chi connectivity index (χ4n) is 2.53. The van der Waals surface area contributed by atoms with Crippen molar-refractivity contribution in [2.75, 3.05) is 5.32 Å². The van der Waals surface area contributed by atoms with E-state index in [0.717, 1.165) is 11.1 Å². The smallest absolute Gasteiger partial charge is 0.247 e. The van der Waals surface area contributed by atoms with Gasteiger partial charge in [0.15, 0.2) is 0 Å². The van der Waals surface area contributed by atoms with Crippen molar-refractivity contribution < 1.29 is 13.9 Å². The molecular formula is C21H23N3O3. The van der Waals surface area contributed by atoms with Gasteiger partial charge in [0.2, 0.25) is 17.7 Å². The van der Waals surface area contributed by atoms with E-state index in [-0.39, 0.29) is 18.4 Å². The SMILES string of the molecule is Cc1ccc(-c2nnc(CCC(=O)Nc3ccccc3OC(C)C)o2)cc1. The number of aromatic nitrogens is 2. The Balaban J connectivity index is 1.58. The fraction of sp³-hybridized carbons (Fsp3) is 0.286. The van der Waals surface area contributed by atoms with Gasteiger partial charge in [-0.25, -0.2) is 0 Å². The molecule has 140 valence electrons. The maximum Gasteiger partial charge on any atom is 0.247 e. The Labute approximate surface area is 158 Å². The van der Waals surface area contributed by atoms with Gasteiger partial charge in [-0.3, -0.25) is 4.79 Å². The first kappa shape index (κ1) is 18.6. The molecule has 1 aromatic heterocycles. The Bertz CT molecular complexity index is 901. The maximum atomic E-state index is 12.3. The summed E-state index contributed by atoms with van der Waals surface area (Å²) in [6, 6.07) is 15.2. The maximum absolute atomic E-state index is 12.3. The highest BCUT2D eigenvalue weighted by Crippen LogP contribution is 2.25. The summed E-state index contributed by atoms with van der Waals surface area (Å²) in [6.45, 7) is 5.91. The first-order valence-electron chi connectivity index (χ1n) is 8.96. The first-order valence-corrected chi connectivity index (χ1v) is 8.96. The van der Waals surface area contributed by atoms with Crippen LogP contribution in [0, 0.1) is 6.92 Å². The number of benzene rings is 2. The van der Waals surface area contributed by atoms with Crippen molar-refractivity contribution in [3.05, 3.63) is 60.0 Å². The lowest BCUT2D eigenvalue weighted by Crippen LogP contribution is -2.14. The van der Waals surface area contributed by atoms with Gasteiger partial charge in [-0.1, -0.05) is 29.8 Å². The van der Waals surface area contributed by atoms with Gasteiger partial charge in [-0.2, -0.15) is 0 Å². The molecule has 0 radical (unpaired) electrons. The van der Waals surface area contributed by atoms with Gasteiger partial charge >= 0.3 is 0 Å². The molecule has 0 aliphatic carbocycles. The summed E-state index contributed by atoms with van der Waals surface area (Å²) in [6.07, 6.45) is 0.644. The highest BCUT2D eigenvalue weighted by Gasteiger charge is 2.12. The summed E-state index contributed by atoms with van der Waals surface area (Å²) < 4.78 is 11.4. The number of carbonyl (C=O) groups is 1. The molecule has 6 heteroatoms. The van der Waals surface area contributed by atoms with Crippen LogP contribution in [0.1, 0.15) is 31.7 Å². The number of nitrogens with zero attached hydrogens (tertiary/aromatic N) is 2. The zero-order valence-electron chi connectivity index (χ0n) is 15.7. The second-order valence-electron chi connectivity index (χ2n) is 6.58. The van der Waals surface area contributed by atoms with E-state index in [1.165, 1.54) is 0 Å². The quantitative estimate of drug-likeness (QED) is 0.671. The molecule has 27 heavy (non-hydrogen) atoms. The molecule has 0 unspecified atom stereocenters. The van der Waals surface area contributed by atoms with Crippen LogP contribution in [-0.2, 0) is 11.2 Å². The molecule has 0 spiro atoms. The van der Waals surface area contributed by atoms with E-state index in [2.05, 4.69) is 15.5 Å².